The van der Waals surface area contributed by atoms with Gasteiger partial charge in [-0.1, -0.05) is 89.9 Å². The molecule has 4 aromatic rings. The highest BCUT2D eigenvalue weighted by atomic mass is 35.5. The number of carbonyl (C=O) groups excluding carboxylic acids is 1. The average molecular weight is 600 g/mol. The van der Waals surface area contributed by atoms with Crippen molar-refractivity contribution in [1.29, 1.82) is 0 Å². The molecule has 0 aromatic heterocycles. The van der Waals surface area contributed by atoms with Crippen LogP contribution in [0.15, 0.2) is 78.9 Å². The first-order chi connectivity index (χ1) is 20.2. The first-order valence-electron chi connectivity index (χ1n) is 14.7. The van der Waals surface area contributed by atoms with E-state index in [1.54, 1.807) is 0 Å². The van der Waals surface area contributed by atoms with Gasteiger partial charge in [0.15, 0.2) is 0 Å². The van der Waals surface area contributed by atoms with Crippen LogP contribution in [0.25, 0.3) is 0 Å². The van der Waals surface area contributed by atoms with Crippen LogP contribution in [0.4, 0.5) is 0 Å². The molecule has 0 saturated heterocycles. The van der Waals surface area contributed by atoms with E-state index in [4.69, 9.17) is 23.2 Å². The molecule has 1 amide bonds. The molecule has 4 aromatic carbocycles. The third-order valence-electron chi connectivity index (χ3n) is 9.11. The van der Waals surface area contributed by atoms with E-state index in [-0.39, 0.29) is 18.0 Å². The molecule has 0 radical (unpaired) electrons. The second-order valence-electron chi connectivity index (χ2n) is 11.8. The third kappa shape index (κ3) is 5.32. The Kier molecular flexibility index (Phi) is 8.06. The smallest absolute Gasteiger partial charge is 0.240 e. The molecule has 1 N–H and O–H groups in total. The number of aromatic hydroxyl groups is 1. The van der Waals surface area contributed by atoms with Gasteiger partial charge in [-0.05, 0) is 91.1 Å². The van der Waals surface area contributed by atoms with Gasteiger partial charge in [0.1, 0.15) is 5.75 Å². The molecule has 1 aliphatic heterocycles. The van der Waals surface area contributed by atoms with E-state index in [1.165, 1.54) is 16.7 Å². The summed E-state index contributed by atoms with van der Waals surface area (Å²) >= 11 is 13.6. The van der Waals surface area contributed by atoms with Gasteiger partial charge in [0, 0.05) is 34.7 Å². The molecule has 42 heavy (non-hydrogen) atoms. The van der Waals surface area contributed by atoms with Crippen LogP contribution < -0.4 is 0 Å². The van der Waals surface area contributed by atoms with Crippen molar-refractivity contribution < 1.29 is 9.90 Å². The molecule has 2 atom stereocenters. The van der Waals surface area contributed by atoms with Crippen LogP contribution in [0.1, 0.15) is 57.5 Å². The number of fused-ring (bicyclic) bond motifs is 2. The largest absolute Gasteiger partial charge is 0.507 e. The van der Waals surface area contributed by atoms with Crippen molar-refractivity contribution in [3.8, 4) is 5.75 Å². The fraction of sp³-hybridized carbons (Fsp3) is 0.306. The Labute approximate surface area is 258 Å². The predicted molar refractivity (Wildman–Crippen MR) is 170 cm³/mol. The highest BCUT2D eigenvalue weighted by molar-refractivity contribution is 6.36. The maximum atomic E-state index is 14.7. The molecule has 1 aliphatic carbocycles. The topological polar surface area (TPSA) is 43.8 Å². The molecular weight excluding hydrogens is 563 g/mol. The standard InChI is InChI=1S/C36H36Cl2N2O2/c1-22-17-25(18-23(2)35(22)41)21-40(29-19-27-10-4-5-11-28(27)20-29)36(42)24(3)39-16-15-26-9-6-7-12-30(26)34(39)33-31(37)13-8-14-32(33)38/h4-14,17-18,24,29,34,41H,15-16,19-21H2,1-3H3. The Morgan fingerprint density at radius 2 is 1.48 bits per heavy atom. The van der Waals surface area contributed by atoms with E-state index in [9.17, 15) is 9.90 Å². The van der Waals surface area contributed by atoms with Gasteiger partial charge in [0.25, 0.3) is 0 Å². The number of benzene rings is 4. The summed E-state index contributed by atoms with van der Waals surface area (Å²) in [6.07, 6.45) is 2.50. The number of aryl methyl sites for hydroxylation is 2. The van der Waals surface area contributed by atoms with E-state index < -0.39 is 6.04 Å². The van der Waals surface area contributed by atoms with E-state index >= 15 is 0 Å². The van der Waals surface area contributed by atoms with Crippen LogP contribution in [-0.4, -0.2) is 39.4 Å². The van der Waals surface area contributed by atoms with Crippen LogP contribution >= 0.6 is 23.2 Å². The highest BCUT2D eigenvalue weighted by Gasteiger charge is 2.40. The minimum atomic E-state index is -0.418. The van der Waals surface area contributed by atoms with Gasteiger partial charge in [0.05, 0.1) is 12.1 Å². The van der Waals surface area contributed by atoms with Gasteiger partial charge in [-0.15, -0.1) is 0 Å². The molecule has 6 heteroatoms. The number of nitrogens with zero attached hydrogens (tertiary/aromatic N) is 2. The van der Waals surface area contributed by atoms with Crippen molar-refractivity contribution in [2.24, 2.45) is 0 Å². The lowest BCUT2D eigenvalue weighted by molar-refractivity contribution is -0.140. The Hall–Kier alpha value is -3.31. The molecule has 1 heterocycles. The van der Waals surface area contributed by atoms with E-state index in [0.29, 0.717) is 28.9 Å². The van der Waals surface area contributed by atoms with Crippen molar-refractivity contribution in [3.63, 3.8) is 0 Å². The summed E-state index contributed by atoms with van der Waals surface area (Å²) < 4.78 is 0. The van der Waals surface area contributed by atoms with Crippen LogP contribution in [0, 0.1) is 13.8 Å². The van der Waals surface area contributed by atoms with Crippen LogP contribution in [-0.2, 0) is 30.6 Å². The summed E-state index contributed by atoms with van der Waals surface area (Å²) in [5.74, 6) is 0.397. The SMILES string of the molecule is Cc1cc(CN(C(=O)C(C)N2CCc3ccccc3C2c2c(Cl)cccc2Cl)C2Cc3ccccc3C2)cc(C)c1O. The van der Waals surface area contributed by atoms with Crippen molar-refractivity contribution >= 4 is 29.1 Å². The number of halogens is 2. The molecule has 4 nitrogen and oxygen atoms in total. The fourth-order valence-corrected chi connectivity index (χ4v) is 7.56. The maximum absolute atomic E-state index is 14.7. The van der Waals surface area contributed by atoms with Gasteiger partial charge >= 0.3 is 0 Å². The first kappa shape index (κ1) is 28.8. The number of hydrogen-bond acceptors (Lipinski definition) is 3. The zero-order chi connectivity index (χ0) is 29.5. The molecule has 2 aliphatic rings. The summed E-state index contributed by atoms with van der Waals surface area (Å²) in [5.41, 5.74) is 8.52. The first-order valence-corrected chi connectivity index (χ1v) is 15.4. The number of carbonyl (C=O) groups is 1. The number of rotatable bonds is 6. The molecule has 2 unspecified atom stereocenters. The zero-order valence-corrected chi connectivity index (χ0v) is 25.8. The molecule has 6 rings (SSSR count). The monoisotopic (exact) mass is 598 g/mol. The summed E-state index contributed by atoms with van der Waals surface area (Å²) in [6, 6.07) is 25.9. The second kappa shape index (κ2) is 11.8. The van der Waals surface area contributed by atoms with Gasteiger partial charge in [-0.2, -0.15) is 0 Å². The fourth-order valence-electron chi connectivity index (χ4n) is 6.95. The van der Waals surface area contributed by atoms with Crippen LogP contribution in [0.2, 0.25) is 10.0 Å². The van der Waals surface area contributed by atoms with E-state index in [1.807, 2.05) is 57.2 Å². The molecular formula is C36H36Cl2N2O2. The third-order valence-corrected chi connectivity index (χ3v) is 9.76. The van der Waals surface area contributed by atoms with Crippen molar-refractivity contribution in [2.45, 2.75) is 64.7 Å². The van der Waals surface area contributed by atoms with Crippen molar-refractivity contribution in [1.82, 2.24) is 9.80 Å². The Bertz CT molecular complexity index is 1580. The lowest BCUT2D eigenvalue weighted by atomic mass is 9.87. The zero-order valence-electron chi connectivity index (χ0n) is 24.3. The quantitative estimate of drug-likeness (QED) is 0.246. The molecule has 0 fully saturated rings. The van der Waals surface area contributed by atoms with Gasteiger partial charge in [-0.3, -0.25) is 9.69 Å². The summed E-state index contributed by atoms with van der Waals surface area (Å²) in [7, 11) is 0. The maximum Gasteiger partial charge on any atom is 0.240 e. The summed E-state index contributed by atoms with van der Waals surface area (Å²) in [5, 5.41) is 11.6. The van der Waals surface area contributed by atoms with Crippen molar-refractivity contribution in [2.75, 3.05) is 6.54 Å². The minimum Gasteiger partial charge on any atom is -0.507 e. The molecule has 0 bridgehead atoms. The highest BCUT2D eigenvalue weighted by Crippen LogP contribution is 2.43. The van der Waals surface area contributed by atoms with Gasteiger partial charge in [0.2, 0.25) is 5.91 Å². The molecule has 216 valence electrons. The minimum absolute atomic E-state index is 0.0474. The predicted octanol–water partition coefficient (Wildman–Crippen LogP) is 7.85. The number of phenolic OH excluding ortho intramolecular Hbond substituents is 1. The lowest BCUT2D eigenvalue weighted by Gasteiger charge is -2.43. The number of amides is 1. The average Bonchev–Trinajstić information content (AvgIpc) is 3.42. The molecule has 0 spiro atoms. The second-order valence-corrected chi connectivity index (χ2v) is 12.6. The Morgan fingerprint density at radius 3 is 2.10 bits per heavy atom. The summed E-state index contributed by atoms with van der Waals surface area (Å²) in [4.78, 5) is 19.1. The van der Waals surface area contributed by atoms with Crippen LogP contribution in [0.3, 0.4) is 0 Å². The number of hydrogen-bond donors (Lipinski definition) is 1. The Balaban J connectivity index is 1.39. The molecule has 0 saturated carbocycles. The number of phenols is 1. The summed E-state index contributed by atoms with van der Waals surface area (Å²) in [6.45, 7) is 7.04. The lowest BCUT2D eigenvalue weighted by Crippen LogP contribution is -2.53. The van der Waals surface area contributed by atoms with Crippen molar-refractivity contribution in [3.05, 3.63) is 133 Å². The van der Waals surface area contributed by atoms with Gasteiger partial charge in [-0.25, -0.2) is 0 Å². The van der Waals surface area contributed by atoms with Gasteiger partial charge < -0.3 is 10.0 Å². The Morgan fingerprint density at radius 1 is 0.905 bits per heavy atom. The van der Waals surface area contributed by atoms with Crippen LogP contribution in [0.5, 0.6) is 5.75 Å². The van der Waals surface area contributed by atoms with E-state index in [0.717, 1.165) is 47.1 Å². The normalized spacial score (nSPS) is 17.5. The van der Waals surface area contributed by atoms with E-state index in [2.05, 4.69) is 52.3 Å².